The number of piperidine rings is 1. The van der Waals surface area contributed by atoms with Crippen molar-refractivity contribution in [1.82, 2.24) is 10.2 Å². The van der Waals surface area contributed by atoms with Crippen LogP contribution >= 0.6 is 0 Å². The van der Waals surface area contributed by atoms with E-state index >= 15 is 0 Å². The van der Waals surface area contributed by atoms with Crippen molar-refractivity contribution in [3.63, 3.8) is 0 Å². The molecule has 1 aromatic carbocycles. The molecule has 5 nitrogen and oxygen atoms in total. The molecular formula is C17H21F3N2O3. The molecule has 25 heavy (non-hydrogen) atoms. The van der Waals surface area contributed by atoms with Crippen LogP contribution in [0.3, 0.4) is 0 Å². The van der Waals surface area contributed by atoms with E-state index in [9.17, 15) is 22.8 Å². The normalized spacial score (nSPS) is 20.9. The van der Waals surface area contributed by atoms with Gasteiger partial charge in [0.2, 0.25) is 11.8 Å². The first-order valence-electron chi connectivity index (χ1n) is 7.97. The van der Waals surface area contributed by atoms with E-state index in [-0.39, 0.29) is 31.7 Å². The van der Waals surface area contributed by atoms with Gasteiger partial charge in [0.05, 0.1) is 13.5 Å². The van der Waals surface area contributed by atoms with Crippen molar-refractivity contribution in [3.8, 4) is 5.75 Å². The Labute approximate surface area is 144 Å². The van der Waals surface area contributed by atoms with Crippen molar-refractivity contribution in [1.29, 1.82) is 0 Å². The number of halogens is 3. The maximum absolute atomic E-state index is 13.3. The standard InChI is InChI=1S/C17H21F3N2O3/c1-11(23)21-13-6-7-15(17(18,19)20)22(10-13)16(24)9-12-4-3-5-14(8-12)25-2/h3-5,8,13,15H,6-7,9-10H2,1-2H3,(H,21,23)/t13-,15+/m0/s1. The summed E-state index contributed by atoms with van der Waals surface area (Å²) in [6, 6.07) is 4.37. The lowest BCUT2D eigenvalue weighted by Crippen LogP contribution is -2.58. The summed E-state index contributed by atoms with van der Waals surface area (Å²) in [5.41, 5.74) is 0.576. The highest BCUT2D eigenvalue weighted by Crippen LogP contribution is 2.32. The zero-order valence-electron chi connectivity index (χ0n) is 14.1. The van der Waals surface area contributed by atoms with Crippen molar-refractivity contribution in [2.45, 2.75) is 44.4 Å². The van der Waals surface area contributed by atoms with Crippen LogP contribution in [0.15, 0.2) is 24.3 Å². The van der Waals surface area contributed by atoms with Crippen molar-refractivity contribution >= 4 is 11.8 Å². The van der Waals surface area contributed by atoms with Crippen molar-refractivity contribution in [2.24, 2.45) is 0 Å². The molecule has 0 aliphatic carbocycles. The third-order valence-corrected chi connectivity index (χ3v) is 4.18. The van der Waals surface area contributed by atoms with Gasteiger partial charge in [-0.15, -0.1) is 0 Å². The summed E-state index contributed by atoms with van der Waals surface area (Å²) in [6.45, 7) is 1.16. The Bertz CT molecular complexity index is 634. The molecule has 0 spiro atoms. The molecule has 1 fully saturated rings. The minimum absolute atomic E-state index is 0.146. The molecule has 1 aliphatic rings. The number of nitrogens with one attached hydrogen (secondary N) is 1. The van der Waals surface area contributed by atoms with Crippen LogP contribution in [0.25, 0.3) is 0 Å². The first kappa shape index (κ1) is 19.1. The maximum Gasteiger partial charge on any atom is 0.408 e. The summed E-state index contributed by atoms with van der Waals surface area (Å²) in [7, 11) is 1.48. The van der Waals surface area contributed by atoms with Crippen LogP contribution in [0.4, 0.5) is 13.2 Å². The molecule has 2 atom stereocenters. The van der Waals surface area contributed by atoms with Crippen molar-refractivity contribution in [3.05, 3.63) is 29.8 Å². The van der Waals surface area contributed by atoms with Gasteiger partial charge in [-0.2, -0.15) is 13.2 Å². The van der Waals surface area contributed by atoms with E-state index in [1.54, 1.807) is 24.3 Å². The average molecular weight is 358 g/mol. The second-order valence-corrected chi connectivity index (χ2v) is 6.11. The van der Waals surface area contributed by atoms with E-state index in [0.717, 1.165) is 4.90 Å². The molecule has 2 rings (SSSR count). The Hall–Kier alpha value is -2.25. The van der Waals surface area contributed by atoms with Crippen molar-refractivity contribution in [2.75, 3.05) is 13.7 Å². The molecule has 1 N–H and O–H groups in total. The maximum atomic E-state index is 13.3. The number of ether oxygens (including phenoxy) is 1. The molecule has 1 heterocycles. The number of likely N-dealkylation sites (tertiary alicyclic amines) is 1. The molecule has 1 aliphatic heterocycles. The SMILES string of the molecule is COc1cccc(CC(=O)N2C[C@@H](NC(C)=O)CC[C@@H]2C(F)(F)F)c1. The van der Waals surface area contributed by atoms with Gasteiger partial charge in [0, 0.05) is 19.5 Å². The Kier molecular flexibility index (Phi) is 5.92. The van der Waals surface area contributed by atoms with Gasteiger partial charge in [-0.1, -0.05) is 12.1 Å². The summed E-state index contributed by atoms with van der Waals surface area (Å²) >= 11 is 0. The molecule has 0 aromatic heterocycles. The summed E-state index contributed by atoms with van der Waals surface area (Å²) in [6.07, 6.45) is -4.69. The Morgan fingerprint density at radius 2 is 2.04 bits per heavy atom. The van der Waals surface area contributed by atoms with Gasteiger partial charge in [-0.3, -0.25) is 9.59 Å². The van der Waals surface area contributed by atoms with E-state index in [0.29, 0.717) is 11.3 Å². The molecule has 0 unspecified atom stereocenters. The number of carbonyl (C=O) groups is 2. The number of carbonyl (C=O) groups excluding carboxylic acids is 2. The molecule has 0 radical (unpaired) electrons. The highest BCUT2D eigenvalue weighted by atomic mass is 19.4. The van der Waals surface area contributed by atoms with E-state index in [1.807, 2.05) is 0 Å². The van der Waals surface area contributed by atoms with Gasteiger partial charge in [-0.25, -0.2) is 0 Å². The number of nitrogens with zero attached hydrogens (tertiary/aromatic N) is 1. The fourth-order valence-corrected chi connectivity index (χ4v) is 3.05. The first-order valence-corrected chi connectivity index (χ1v) is 7.97. The fourth-order valence-electron chi connectivity index (χ4n) is 3.05. The van der Waals surface area contributed by atoms with E-state index in [4.69, 9.17) is 4.74 Å². The third-order valence-electron chi connectivity index (χ3n) is 4.18. The van der Waals surface area contributed by atoms with Crippen LogP contribution in [0.1, 0.15) is 25.3 Å². The number of amides is 2. The molecule has 0 saturated carbocycles. The topological polar surface area (TPSA) is 58.6 Å². The third kappa shape index (κ3) is 5.11. The largest absolute Gasteiger partial charge is 0.497 e. The predicted octanol–water partition coefficient (Wildman–Crippen LogP) is 2.30. The van der Waals surface area contributed by atoms with Crippen LogP contribution in [0.5, 0.6) is 5.75 Å². The number of hydrogen-bond acceptors (Lipinski definition) is 3. The van der Waals surface area contributed by atoms with Gasteiger partial charge < -0.3 is 15.0 Å². The van der Waals surface area contributed by atoms with Crippen LogP contribution in [0, 0.1) is 0 Å². The van der Waals surface area contributed by atoms with Gasteiger partial charge in [-0.05, 0) is 30.5 Å². The van der Waals surface area contributed by atoms with Gasteiger partial charge >= 0.3 is 6.18 Å². The lowest BCUT2D eigenvalue weighted by Gasteiger charge is -2.40. The number of methoxy groups -OCH3 is 1. The highest BCUT2D eigenvalue weighted by Gasteiger charge is 2.47. The van der Waals surface area contributed by atoms with Crippen LogP contribution in [0.2, 0.25) is 0 Å². The minimum atomic E-state index is -4.49. The number of rotatable bonds is 4. The molecule has 1 saturated heterocycles. The minimum Gasteiger partial charge on any atom is -0.497 e. The molecule has 0 bridgehead atoms. The van der Waals surface area contributed by atoms with Gasteiger partial charge in [0.15, 0.2) is 0 Å². The second kappa shape index (κ2) is 7.76. The zero-order valence-corrected chi connectivity index (χ0v) is 14.1. The summed E-state index contributed by atoms with van der Waals surface area (Å²) in [4.78, 5) is 24.5. The number of benzene rings is 1. The molecular weight excluding hydrogens is 337 g/mol. The van der Waals surface area contributed by atoms with Gasteiger partial charge in [0.1, 0.15) is 11.8 Å². The fraction of sp³-hybridized carbons (Fsp3) is 0.529. The molecule has 8 heteroatoms. The highest BCUT2D eigenvalue weighted by molar-refractivity contribution is 5.80. The lowest BCUT2D eigenvalue weighted by molar-refractivity contribution is -0.197. The Morgan fingerprint density at radius 3 is 2.64 bits per heavy atom. The van der Waals surface area contributed by atoms with Crippen molar-refractivity contribution < 1.29 is 27.5 Å². The van der Waals surface area contributed by atoms with E-state index in [1.165, 1.54) is 14.0 Å². The summed E-state index contributed by atoms with van der Waals surface area (Å²) < 4.78 is 45.0. The predicted molar refractivity (Wildman–Crippen MR) is 85.1 cm³/mol. The first-order chi connectivity index (χ1) is 11.7. The Balaban J connectivity index is 2.16. The van der Waals surface area contributed by atoms with Crippen LogP contribution in [-0.4, -0.2) is 48.6 Å². The Morgan fingerprint density at radius 1 is 1.32 bits per heavy atom. The molecule has 1 aromatic rings. The van der Waals surface area contributed by atoms with Crippen LogP contribution < -0.4 is 10.1 Å². The molecule has 2 amide bonds. The van der Waals surface area contributed by atoms with E-state index in [2.05, 4.69) is 5.32 Å². The average Bonchev–Trinajstić information content (AvgIpc) is 2.53. The summed E-state index contributed by atoms with van der Waals surface area (Å²) in [5, 5.41) is 2.60. The summed E-state index contributed by atoms with van der Waals surface area (Å²) in [5.74, 6) is -0.409. The zero-order chi connectivity index (χ0) is 18.6. The lowest BCUT2D eigenvalue weighted by atomic mass is 9.96. The smallest absolute Gasteiger partial charge is 0.408 e. The van der Waals surface area contributed by atoms with Gasteiger partial charge in [0.25, 0.3) is 0 Å². The number of alkyl halides is 3. The van der Waals surface area contributed by atoms with E-state index < -0.39 is 24.2 Å². The monoisotopic (exact) mass is 358 g/mol. The quantitative estimate of drug-likeness (QED) is 0.899. The molecule has 138 valence electrons. The number of hydrogen-bond donors (Lipinski definition) is 1. The van der Waals surface area contributed by atoms with Crippen LogP contribution in [-0.2, 0) is 16.0 Å². The second-order valence-electron chi connectivity index (χ2n) is 6.11.